The molecule has 2 nitrogen and oxygen atoms in total. The predicted octanol–water partition coefficient (Wildman–Crippen LogP) is 2.84. The number of halogens is 1. The summed E-state index contributed by atoms with van der Waals surface area (Å²) < 4.78 is 0. The van der Waals surface area contributed by atoms with Crippen molar-refractivity contribution in [3.8, 4) is 5.88 Å². The van der Waals surface area contributed by atoms with Crippen molar-refractivity contribution in [1.29, 1.82) is 0 Å². The number of aromatic nitrogens is 1. The maximum atomic E-state index is 9.17. The average molecular weight is 182 g/mol. The summed E-state index contributed by atoms with van der Waals surface area (Å²) in [5.41, 5.74) is 1.90. The van der Waals surface area contributed by atoms with Gasteiger partial charge in [0.15, 0.2) is 5.88 Å². The predicted molar refractivity (Wildman–Crippen MR) is 49.7 cm³/mol. The molecule has 0 aliphatic rings. The number of hydrogen-bond donors (Lipinski definition) is 2. The fourth-order valence-electron chi connectivity index (χ4n) is 1.31. The first-order valence-corrected chi connectivity index (χ1v) is 4.03. The molecule has 1 heterocycles. The second kappa shape index (κ2) is 2.42. The maximum absolute atomic E-state index is 9.17. The summed E-state index contributed by atoms with van der Waals surface area (Å²) in [4.78, 5) is 2.82. The molecule has 62 valence electrons. The molecule has 0 saturated carbocycles. The molecule has 1 aromatic heterocycles. The summed E-state index contributed by atoms with van der Waals surface area (Å²) in [5, 5.41) is 10.9. The van der Waals surface area contributed by atoms with Gasteiger partial charge in [-0.1, -0.05) is 11.6 Å². The molecule has 0 bridgehead atoms. The second-order valence-electron chi connectivity index (χ2n) is 2.79. The van der Waals surface area contributed by atoms with Gasteiger partial charge in [-0.25, -0.2) is 0 Å². The monoisotopic (exact) mass is 181 g/mol. The molecule has 0 radical (unpaired) electrons. The van der Waals surface area contributed by atoms with Gasteiger partial charge >= 0.3 is 0 Å². The molecule has 0 aliphatic carbocycles. The first kappa shape index (κ1) is 7.50. The molecule has 0 aliphatic heterocycles. The van der Waals surface area contributed by atoms with E-state index >= 15 is 0 Å². The Bertz CT molecular complexity index is 433. The van der Waals surface area contributed by atoms with Crippen LogP contribution in [0.5, 0.6) is 5.88 Å². The number of benzene rings is 1. The summed E-state index contributed by atoms with van der Waals surface area (Å²) >= 11 is 5.90. The lowest BCUT2D eigenvalue weighted by Crippen LogP contribution is -1.75. The van der Waals surface area contributed by atoms with Gasteiger partial charge in [-0.3, -0.25) is 0 Å². The molecule has 0 saturated heterocycles. The van der Waals surface area contributed by atoms with Crippen molar-refractivity contribution in [3.05, 3.63) is 28.8 Å². The molecule has 2 aromatic rings. The Balaban J connectivity index is 2.89. The van der Waals surface area contributed by atoms with Gasteiger partial charge < -0.3 is 10.1 Å². The van der Waals surface area contributed by atoms with Crippen LogP contribution in [0.4, 0.5) is 0 Å². The third-order valence-electron chi connectivity index (χ3n) is 1.99. The van der Waals surface area contributed by atoms with E-state index in [1.807, 2.05) is 19.1 Å². The average Bonchev–Trinajstić information content (AvgIpc) is 2.39. The molecular formula is C9H8ClNO. The van der Waals surface area contributed by atoms with E-state index in [9.17, 15) is 5.11 Å². The van der Waals surface area contributed by atoms with E-state index in [2.05, 4.69) is 4.98 Å². The van der Waals surface area contributed by atoms with Gasteiger partial charge in [0.2, 0.25) is 0 Å². The lowest BCUT2D eigenvalue weighted by Gasteiger charge is -1.97. The molecule has 3 heteroatoms. The zero-order chi connectivity index (χ0) is 8.72. The lowest BCUT2D eigenvalue weighted by molar-refractivity contribution is 0.458. The maximum Gasteiger partial charge on any atom is 0.189 e. The minimum absolute atomic E-state index is 0.176. The van der Waals surface area contributed by atoms with E-state index in [0.29, 0.717) is 0 Å². The molecule has 2 rings (SSSR count). The largest absolute Gasteiger partial charge is 0.495 e. The van der Waals surface area contributed by atoms with Crippen LogP contribution < -0.4 is 0 Å². The van der Waals surface area contributed by atoms with E-state index in [1.165, 1.54) is 0 Å². The summed E-state index contributed by atoms with van der Waals surface area (Å²) in [6.45, 7) is 1.93. The van der Waals surface area contributed by atoms with Crippen LogP contribution >= 0.6 is 11.6 Å². The molecule has 2 N–H and O–H groups in total. The molecule has 0 unspecified atom stereocenters. The Morgan fingerprint density at radius 2 is 2.17 bits per heavy atom. The molecule has 12 heavy (non-hydrogen) atoms. The van der Waals surface area contributed by atoms with Crippen LogP contribution in [-0.2, 0) is 0 Å². The van der Waals surface area contributed by atoms with Gasteiger partial charge in [0.25, 0.3) is 0 Å². The Hall–Kier alpha value is -1.15. The van der Waals surface area contributed by atoms with Crippen molar-refractivity contribution in [3.63, 3.8) is 0 Å². The highest BCUT2D eigenvalue weighted by Crippen LogP contribution is 2.27. The highest BCUT2D eigenvalue weighted by Gasteiger charge is 2.04. The number of hydrogen-bond acceptors (Lipinski definition) is 1. The molecule has 0 atom stereocenters. The van der Waals surface area contributed by atoms with Crippen LogP contribution in [0.1, 0.15) is 5.56 Å². The van der Waals surface area contributed by atoms with Crippen LogP contribution in [0, 0.1) is 6.92 Å². The lowest BCUT2D eigenvalue weighted by atomic mass is 10.1. The minimum atomic E-state index is 0.176. The highest BCUT2D eigenvalue weighted by molar-refractivity contribution is 6.32. The first-order valence-electron chi connectivity index (χ1n) is 3.65. The third kappa shape index (κ3) is 0.959. The number of aromatic hydroxyl groups is 1. The normalized spacial score (nSPS) is 10.8. The van der Waals surface area contributed by atoms with Crippen molar-refractivity contribution in [1.82, 2.24) is 4.98 Å². The highest BCUT2D eigenvalue weighted by atomic mass is 35.5. The van der Waals surface area contributed by atoms with Crippen LogP contribution in [-0.4, -0.2) is 10.1 Å². The van der Waals surface area contributed by atoms with Gasteiger partial charge in [-0.2, -0.15) is 0 Å². The van der Waals surface area contributed by atoms with Crippen LogP contribution in [0.15, 0.2) is 18.2 Å². The SMILES string of the molecule is Cc1c(Cl)ccc2[nH]c(O)cc12. The number of H-pyrrole nitrogens is 1. The summed E-state index contributed by atoms with van der Waals surface area (Å²) in [5.74, 6) is 0.176. The zero-order valence-corrected chi connectivity index (χ0v) is 7.31. The molecule has 1 aromatic carbocycles. The van der Waals surface area contributed by atoms with Crippen LogP contribution in [0.3, 0.4) is 0 Å². The Morgan fingerprint density at radius 3 is 2.92 bits per heavy atom. The smallest absolute Gasteiger partial charge is 0.189 e. The summed E-state index contributed by atoms with van der Waals surface area (Å²) in [7, 11) is 0. The number of aryl methyl sites for hydroxylation is 1. The number of aromatic amines is 1. The zero-order valence-electron chi connectivity index (χ0n) is 6.56. The standard InChI is InChI=1S/C9H8ClNO/c1-5-6-4-9(12)11-8(6)3-2-7(5)10/h2-4,11-12H,1H3. The van der Waals surface area contributed by atoms with Crippen molar-refractivity contribution in [2.45, 2.75) is 6.92 Å². The molecular weight excluding hydrogens is 174 g/mol. The Labute approximate surface area is 74.8 Å². The van der Waals surface area contributed by atoms with Crippen molar-refractivity contribution in [2.24, 2.45) is 0 Å². The number of nitrogens with one attached hydrogen (secondary N) is 1. The van der Waals surface area contributed by atoms with Gasteiger partial charge in [0.1, 0.15) is 0 Å². The number of rotatable bonds is 0. The Kier molecular flexibility index (Phi) is 1.51. The van der Waals surface area contributed by atoms with Crippen molar-refractivity contribution in [2.75, 3.05) is 0 Å². The third-order valence-corrected chi connectivity index (χ3v) is 2.40. The van der Waals surface area contributed by atoms with Gasteiger partial charge in [-0.15, -0.1) is 0 Å². The van der Waals surface area contributed by atoms with Crippen molar-refractivity contribution < 1.29 is 5.11 Å². The minimum Gasteiger partial charge on any atom is -0.495 e. The molecule has 0 fully saturated rings. The first-order chi connectivity index (χ1) is 5.68. The molecule has 0 spiro atoms. The van der Waals surface area contributed by atoms with E-state index in [0.717, 1.165) is 21.5 Å². The van der Waals surface area contributed by atoms with Crippen molar-refractivity contribution >= 4 is 22.5 Å². The number of fused-ring (bicyclic) bond motifs is 1. The van der Waals surface area contributed by atoms with Gasteiger partial charge in [0.05, 0.1) is 0 Å². The quantitative estimate of drug-likeness (QED) is 0.644. The van der Waals surface area contributed by atoms with E-state index in [-0.39, 0.29) is 5.88 Å². The topological polar surface area (TPSA) is 36.0 Å². The Morgan fingerprint density at radius 1 is 1.42 bits per heavy atom. The van der Waals surface area contributed by atoms with E-state index < -0.39 is 0 Å². The second-order valence-corrected chi connectivity index (χ2v) is 3.20. The van der Waals surface area contributed by atoms with E-state index in [1.54, 1.807) is 6.07 Å². The van der Waals surface area contributed by atoms with Gasteiger partial charge in [0, 0.05) is 22.0 Å². The fourth-order valence-corrected chi connectivity index (χ4v) is 1.47. The fraction of sp³-hybridized carbons (Fsp3) is 0.111. The van der Waals surface area contributed by atoms with E-state index in [4.69, 9.17) is 11.6 Å². The summed E-state index contributed by atoms with van der Waals surface area (Å²) in [6, 6.07) is 5.34. The van der Waals surface area contributed by atoms with Gasteiger partial charge in [-0.05, 0) is 24.6 Å². The molecule has 0 amide bonds. The summed E-state index contributed by atoms with van der Waals surface area (Å²) in [6.07, 6.45) is 0. The van der Waals surface area contributed by atoms with Crippen LogP contribution in [0.2, 0.25) is 5.02 Å². The van der Waals surface area contributed by atoms with Crippen LogP contribution in [0.25, 0.3) is 10.9 Å².